The van der Waals surface area contributed by atoms with Crippen molar-refractivity contribution in [2.24, 2.45) is 5.73 Å². The molecule has 0 amide bonds. The first kappa shape index (κ1) is 12.0. The zero-order chi connectivity index (χ0) is 11.5. The molecule has 1 unspecified atom stereocenters. The van der Waals surface area contributed by atoms with Crippen LogP contribution in [0.5, 0.6) is 5.75 Å². The van der Waals surface area contributed by atoms with E-state index >= 15 is 0 Å². The quantitative estimate of drug-likeness (QED) is 0.787. The second kappa shape index (κ2) is 4.63. The van der Waals surface area contributed by atoms with Gasteiger partial charge < -0.3 is 10.8 Å². The maximum atomic E-state index is 11.1. The minimum Gasteiger partial charge on any atom is -0.508 e. The van der Waals surface area contributed by atoms with Crippen molar-refractivity contribution in [3.05, 3.63) is 29.8 Å². The molecule has 1 atom stereocenters. The van der Waals surface area contributed by atoms with Crippen LogP contribution in [0.3, 0.4) is 0 Å². The summed E-state index contributed by atoms with van der Waals surface area (Å²) >= 11 is 0. The van der Waals surface area contributed by atoms with Crippen molar-refractivity contribution >= 4 is 9.84 Å². The van der Waals surface area contributed by atoms with Gasteiger partial charge in [0.2, 0.25) is 0 Å². The van der Waals surface area contributed by atoms with E-state index in [9.17, 15) is 8.42 Å². The highest BCUT2D eigenvalue weighted by Gasteiger charge is 2.15. The van der Waals surface area contributed by atoms with Gasteiger partial charge in [-0.3, -0.25) is 0 Å². The van der Waals surface area contributed by atoms with Crippen LogP contribution >= 0.6 is 0 Å². The van der Waals surface area contributed by atoms with E-state index in [0.717, 1.165) is 5.56 Å². The van der Waals surface area contributed by atoms with Gasteiger partial charge in [0.1, 0.15) is 15.6 Å². The molecule has 84 valence electrons. The van der Waals surface area contributed by atoms with E-state index in [0.29, 0.717) is 0 Å². The lowest BCUT2D eigenvalue weighted by atomic mass is 10.0. The highest BCUT2D eigenvalue weighted by molar-refractivity contribution is 7.90. The summed E-state index contributed by atoms with van der Waals surface area (Å²) in [7, 11) is -3.04. The lowest BCUT2D eigenvalue weighted by Gasteiger charge is -2.13. The third kappa shape index (κ3) is 3.89. The molecule has 1 aromatic carbocycles. The smallest absolute Gasteiger partial charge is 0.148 e. The number of phenols is 1. The summed E-state index contributed by atoms with van der Waals surface area (Å²) in [6.45, 7) is 0.276. The zero-order valence-electron chi connectivity index (χ0n) is 8.55. The number of aromatic hydroxyl groups is 1. The summed E-state index contributed by atoms with van der Waals surface area (Å²) in [6, 6.07) is 6.44. The average molecular weight is 229 g/mol. The molecule has 0 aromatic heterocycles. The van der Waals surface area contributed by atoms with Crippen molar-refractivity contribution in [1.29, 1.82) is 0 Å². The van der Waals surface area contributed by atoms with E-state index in [-0.39, 0.29) is 24.0 Å². The molecule has 3 N–H and O–H groups in total. The van der Waals surface area contributed by atoms with Gasteiger partial charge in [-0.15, -0.1) is 0 Å². The monoisotopic (exact) mass is 229 g/mol. The number of hydrogen-bond acceptors (Lipinski definition) is 4. The van der Waals surface area contributed by atoms with Gasteiger partial charge in [0.05, 0.1) is 5.75 Å². The molecule has 0 aliphatic heterocycles. The van der Waals surface area contributed by atoms with Crippen LogP contribution in [0.2, 0.25) is 0 Å². The standard InChI is InChI=1S/C10H15NO3S/c1-15(13,14)7-9(6-11)8-2-4-10(12)5-3-8/h2-5,9,12H,6-7,11H2,1H3. The predicted octanol–water partition coefficient (Wildman–Crippen LogP) is 0.479. The van der Waals surface area contributed by atoms with Crippen LogP contribution in [0.15, 0.2) is 24.3 Å². The summed E-state index contributed by atoms with van der Waals surface area (Å²) < 4.78 is 22.3. The lowest BCUT2D eigenvalue weighted by Crippen LogP contribution is -2.21. The summed E-state index contributed by atoms with van der Waals surface area (Å²) in [5, 5.41) is 9.09. The predicted molar refractivity (Wildman–Crippen MR) is 59.6 cm³/mol. The second-order valence-corrected chi connectivity index (χ2v) is 5.80. The molecule has 0 saturated heterocycles. The van der Waals surface area contributed by atoms with Gasteiger partial charge in [0.15, 0.2) is 0 Å². The number of rotatable bonds is 4. The zero-order valence-corrected chi connectivity index (χ0v) is 9.37. The minimum absolute atomic E-state index is 0.0360. The van der Waals surface area contributed by atoms with E-state index in [1.54, 1.807) is 12.1 Å². The van der Waals surface area contributed by atoms with Gasteiger partial charge in [0, 0.05) is 18.7 Å². The number of phenolic OH excluding ortho intramolecular Hbond substituents is 1. The fraction of sp³-hybridized carbons (Fsp3) is 0.400. The maximum absolute atomic E-state index is 11.1. The molecular formula is C10H15NO3S. The summed E-state index contributed by atoms with van der Waals surface area (Å²) in [5.41, 5.74) is 6.36. The van der Waals surface area contributed by atoms with Crippen LogP contribution in [0.1, 0.15) is 11.5 Å². The Morgan fingerprint density at radius 1 is 1.33 bits per heavy atom. The van der Waals surface area contributed by atoms with Crippen LogP contribution in [0, 0.1) is 0 Å². The van der Waals surface area contributed by atoms with E-state index in [1.165, 1.54) is 18.4 Å². The van der Waals surface area contributed by atoms with E-state index < -0.39 is 9.84 Å². The molecule has 0 aliphatic rings. The highest BCUT2D eigenvalue weighted by Crippen LogP contribution is 2.19. The topological polar surface area (TPSA) is 80.4 Å². The van der Waals surface area contributed by atoms with Crippen LogP contribution in [0.25, 0.3) is 0 Å². The van der Waals surface area contributed by atoms with Gasteiger partial charge >= 0.3 is 0 Å². The van der Waals surface area contributed by atoms with Gasteiger partial charge in [-0.25, -0.2) is 8.42 Å². The van der Waals surface area contributed by atoms with E-state index in [4.69, 9.17) is 10.8 Å². The van der Waals surface area contributed by atoms with Gasteiger partial charge in [-0.1, -0.05) is 12.1 Å². The maximum Gasteiger partial charge on any atom is 0.148 e. The number of benzene rings is 1. The first-order valence-corrected chi connectivity index (χ1v) is 6.65. The molecule has 0 aliphatic carbocycles. The molecule has 0 saturated carbocycles. The van der Waals surface area contributed by atoms with Crippen molar-refractivity contribution in [2.75, 3.05) is 18.6 Å². The molecule has 0 spiro atoms. The van der Waals surface area contributed by atoms with Crippen molar-refractivity contribution in [1.82, 2.24) is 0 Å². The average Bonchev–Trinajstić information content (AvgIpc) is 2.14. The second-order valence-electron chi connectivity index (χ2n) is 3.62. The fourth-order valence-corrected chi connectivity index (χ4v) is 2.47. The SMILES string of the molecule is CS(=O)(=O)CC(CN)c1ccc(O)cc1. The Morgan fingerprint density at radius 3 is 2.27 bits per heavy atom. The van der Waals surface area contributed by atoms with Gasteiger partial charge in [0.25, 0.3) is 0 Å². The Labute approximate surface area is 89.7 Å². The van der Waals surface area contributed by atoms with Gasteiger partial charge in [-0.2, -0.15) is 0 Å². The Balaban J connectivity index is 2.88. The first-order chi connectivity index (χ1) is 6.92. The Bertz CT molecular complexity index is 411. The van der Waals surface area contributed by atoms with Crippen LogP contribution in [0.4, 0.5) is 0 Å². The summed E-state index contributed by atoms with van der Waals surface area (Å²) in [6.07, 6.45) is 1.19. The Hall–Kier alpha value is -1.07. The van der Waals surface area contributed by atoms with Crippen molar-refractivity contribution in [3.8, 4) is 5.75 Å². The van der Waals surface area contributed by atoms with Gasteiger partial charge in [-0.05, 0) is 17.7 Å². The van der Waals surface area contributed by atoms with Crippen molar-refractivity contribution in [2.45, 2.75) is 5.92 Å². The summed E-state index contributed by atoms with van der Waals surface area (Å²) in [4.78, 5) is 0. The molecule has 0 heterocycles. The van der Waals surface area contributed by atoms with E-state index in [1.807, 2.05) is 0 Å². The molecule has 5 heteroatoms. The Morgan fingerprint density at radius 2 is 1.87 bits per heavy atom. The third-order valence-electron chi connectivity index (χ3n) is 2.15. The van der Waals surface area contributed by atoms with Crippen LogP contribution in [-0.2, 0) is 9.84 Å². The number of sulfone groups is 1. The number of nitrogens with two attached hydrogens (primary N) is 1. The van der Waals surface area contributed by atoms with E-state index in [2.05, 4.69) is 0 Å². The van der Waals surface area contributed by atoms with Crippen molar-refractivity contribution < 1.29 is 13.5 Å². The largest absolute Gasteiger partial charge is 0.508 e. The molecular weight excluding hydrogens is 214 g/mol. The molecule has 0 bridgehead atoms. The first-order valence-electron chi connectivity index (χ1n) is 4.59. The van der Waals surface area contributed by atoms with Crippen molar-refractivity contribution in [3.63, 3.8) is 0 Å². The minimum atomic E-state index is -3.04. The Kier molecular flexibility index (Phi) is 3.71. The van der Waals surface area contributed by atoms with Crippen LogP contribution < -0.4 is 5.73 Å². The molecule has 1 rings (SSSR count). The normalized spacial score (nSPS) is 13.7. The summed E-state index contributed by atoms with van der Waals surface area (Å²) in [5.74, 6) is -0.0108. The molecule has 1 aromatic rings. The molecule has 15 heavy (non-hydrogen) atoms. The highest BCUT2D eigenvalue weighted by atomic mass is 32.2. The number of hydrogen-bond donors (Lipinski definition) is 2. The molecule has 0 radical (unpaired) electrons. The molecule has 0 fully saturated rings. The van der Waals surface area contributed by atoms with Crippen LogP contribution in [-0.4, -0.2) is 32.1 Å². The molecule has 4 nitrogen and oxygen atoms in total. The third-order valence-corrected chi connectivity index (χ3v) is 3.16. The fourth-order valence-electron chi connectivity index (χ4n) is 1.41. The lowest BCUT2D eigenvalue weighted by molar-refractivity contribution is 0.475.